The highest BCUT2D eigenvalue weighted by molar-refractivity contribution is 5.95. The van der Waals surface area contributed by atoms with Gasteiger partial charge in [0.15, 0.2) is 17.2 Å². The Hall–Kier alpha value is -3.35. The van der Waals surface area contributed by atoms with Crippen molar-refractivity contribution in [1.82, 2.24) is 15.1 Å². The lowest BCUT2D eigenvalue weighted by atomic mass is 10.1. The first-order chi connectivity index (χ1) is 13.1. The molecule has 1 heterocycles. The molecule has 3 aromatic rings. The number of nitrogens with one attached hydrogen (secondary N) is 1. The summed E-state index contributed by atoms with van der Waals surface area (Å²) >= 11 is 0. The minimum absolute atomic E-state index is 0.115. The van der Waals surface area contributed by atoms with Crippen LogP contribution in [0.15, 0.2) is 47.3 Å². The number of hydrogen-bond donors (Lipinski definition) is 1. The van der Waals surface area contributed by atoms with E-state index in [-0.39, 0.29) is 17.7 Å². The number of aryl methyl sites for hydroxylation is 1. The lowest BCUT2D eigenvalue weighted by Crippen LogP contribution is -2.31. The zero-order valence-corrected chi connectivity index (χ0v) is 15.5. The number of benzene rings is 2. The second-order valence-electron chi connectivity index (χ2n) is 5.88. The van der Waals surface area contributed by atoms with Gasteiger partial charge in [-0.1, -0.05) is 18.2 Å². The third-order valence-electron chi connectivity index (χ3n) is 4.28. The molecule has 1 N–H and O–H groups in total. The zero-order chi connectivity index (χ0) is 19.4. The van der Waals surface area contributed by atoms with Crippen molar-refractivity contribution < 1.29 is 14.3 Å². The van der Waals surface area contributed by atoms with Gasteiger partial charge in [0.2, 0.25) is 5.43 Å². The summed E-state index contributed by atoms with van der Waals surface area (Å²) in [5, 5.41) is 7.47. The fourth-order valence-corrected chi connectivity index (χ4v) is 2.88. The predicted octanol–water partition coefficient (Wildman–Crippen LogP) is 2.36. The predicted molar refractivity (Wildman–Crippen MR) is 102 cm³/mol. The normalized spacial score (nSPS) is 10.6. The second kappa shape index (κ2) is 7.90. The van der Waals surface area contributed by atoms with Crippen LogP contribution in [0.5, 0.6) is 11.5 Å². The van der Waals surface area contributed by atoms with Gasteiger partial charge in [-0.05, 0) is 36.8 Å². The lowest BCUT2D eigenvalue weighted by Gasteiger charge is -2.12. The molecule has 0 bridgehead atoms. The highest BCUT2D eigenvalue weighted by Gasteiger charge is 2.17. The summed E-state index contributed by atoms with van der Waals surface area (Å²) in [4.78, 5) is 25.2. The first-order valence-electron chi connectivity index (χ1n) is 8.58. The fraction of sp³-hybridized carbons (Fsp3) is 0.250. The summed E-state index contributed by atoms with van der Waals surface area (Å²) in [5.74, 6) is 0.666. The Labute approximate surface area is 156 Å². The van der Waals surface area contributed by atoms with Gasteiger partial charge >= 0.3 is 0 Å². The van der Waals surface area contributed by atoms with Crippen molar-refractivity contribution in [3.8, 4) is 11.5 Å². The van der Waals surface area contributed by atoms with Crippen molar-refractivity contribution in [3.63, 3.8) is 0 Å². The first kappa shape index (κ1) is 18.4. The molecule has 1 amide bonds. The number of amides is 1. The molecule has 3 rings (SSSR count). The van der Waals surface area contributed by atoms with Crippen LogP contribution in [-0.2, 0) is 13.1 Å². The fourth-order valence-electron chi connectivity index (χ4n) is 2.88. The Balaban J connectivity index is 1.87. The van der Waals surface area contributed by atoms with Gasteiger partial charge in [-0.2, -0.15) is 5.10 Å². The van der Waals surface area contributed by atoms with Gasteiger partial charge in [-0.15, -0.1) is 0 Å². The van der Waals surface area contributed by atoms with Crippen LogP contribution in [0.4, 0.5) is 0 Å². The van der Waals surface area contributed by atoms with Crippen LogP contribution in [0, 0.1) is 0 Å². The molecule has 140 valence electrons. The number of methoxy groups -OCH3 is 2. The van der Waals surface area contributed by atoms with Gasteiger partial charge in [0.05, 0.1) is 19.7 Å². The van der Waals surface area contributed by atoms with Gasteiger partial charge in [-0.3, -0.25) is 14.3 Å². The third-order valence-corrected chi connectivity index (χ3v) is 4.28. The number of ether oxygens (including phenoxy) is 2. The Morgan fingerprint density at radius 2 is 1.85 bits per heavy atom. The highest BCUT2D eigenvalue weighted by Crippen LogP contribution is 2.27. The average molecular weight is 367 g/mol. The molecule has 0 radical (unpaired) electrons. The topological polar surface area (TPSA) is 82.5 Å². The molecule has 0 aliphatic rings. The Morgan fingerprint density at radius 1 is 1.11 bits per heavy atom. The van der Waals surface area contributed by atoms with Gasteiger partial charge in [0.1, 0.15) is 0 Å². The van der Waals surface area contributed by atoms with E-state index in [4.69, 9.17) is 9.47 Å². The number of hydrogen-bond acceptors (Lipinski definition) is 5. The van der Waals surface area contributed by atoms with Crippen LogP contribution in [-0.4, -0.2) is 29.9 Å². The summed E-state index contributed by atoms with van der Waals surface area (Å²) < 4.78 is 12.1. The number of nitrogens with zero attached hydrogens (tertiary/aromatic N) is 2. The molecule has 2 aromatic carbocycles. The summed E-state index contributed by atoms with van der Waals surface area (Å²) in [6, 6.07) is 12.5. The summed E-state index contributed by atoms with van der Waals surface area (Å²) in [6.07, 6.45) is 0. The van der Waals surface area contributed by atoms with Gasteiger partial charge in [0.25, 0.3) is 5.91 Å². The SMILES string of the molecule is CCn1nc(C(=O)NCc2ccc(OC)c(OC)c2)c(=O)c2ccccc21. The van der Waals surface area contributed by atoms with Gasteiger partial charge in [-0.25, -0.2) is 0 Å². The van der Waals surface area contributed by atoms with E-state index in [0.29, 0.717) is 28.9 Å². The molecule has 7 heteroatoms. The smallest absolute Gasteiger partial charge is 0.276 e. The van der Waals surface area contributed by atoms with E-state index in [1.165, 1.54) is 0 Å². The number of fused-ring (bicyclic) bond motifs is 1. The average Bonchev–Trinajstić information content (AvgIpc) is 2.72. The summed E-state index contributed by atoms with van der Waals surface area (Å²) in [6.45, 7) is 2.70. The van der Waals surface area contributed by atoms with Crippen LogP contribution >= 0.6 is 0 Å². The minimum Gasteiger partial charge on any atom is -0.493 e. The van der Waals surface area contributed by atoms with Crippen molar-refractivity contribution >= 4 is 16.8 Å². The van der Waals surface area contributed by atoms with E-state index in [2.05, 4.69) is 10.4 Å². The maximum absolute atomic E-state index is 12.7. The number of aromatic nitrogens is 2. The van der Waals surface area contributed by atoms with Crippen molar-refractivity contribution in [2.45, 2.75) is 20.0 Å². The van der Waals surface area contributed by atoms with Crippen LogP contribution < -0.4 is 20.2 Å². The summed E-state index contributed by atoms with van der Waals surface area (Å²) in [5.41, 5.74) is 1.04. The van der Waals surface area contributed by atoms with Crippen LogP contribution in [0.1, 0.15) is 23.0 Å². The molecule has 1 aromatic heterocycles. The van der Waals surface area contributed by atoms with E-state index >= 15 is 0 Å². The largest absolute Gasteiger partial charge is 0.493 e. The molecule has 7 nitrogen and oxygen atoms in total. The van der Waals surface area contributed by atoms with E-state index in [1.54, 1.807) is 43.2 Å². The van der Waals surface area contributed by atoms with E-state index in [9.17, 15) is 9.59 Å². The highest BCUT2D eigenvalue weighted by atomic mass is 16.5. The van der Waals surface area contributed by atoms with E-state index in [0.717, 1.165) is 5.56 Å². The minimum atomic E-state index is -0.511. The molecule has 0 unspecified atom stereocenters. The number of para-hydroxylation sites is 1. The molecule has 0 atom stereocenters. The molecule has 0 saturated heterocycles. The van der Waals surface area contributed by atoms with E-state index in [1.807, 2.05) is 25.1 Å². The first-order valence-corrected chi connectivity index (χ1v) is 8.58. The van der Waals surface area contributed by atoms with Crippen molar-refractivity contribution in [2.24, 2.45) is 0 Å². The van der Waals surface area contributed by atoms with Crippen LogP contribution in [0.25, 0.3) is 10.9 Å². The Morgan fingerprint density at radius 3 is 2.56 bits per heavy atom. The molecule has 0 aliphatic carbocycles. The quantitative estimate of drug-likeness (QED) is 0.723. The molecular formula is C20H21N3O4. The van der Waals surface area contributed by atoms with Crippen molar-refractivity contribution in [3.05, 3.63) is 63.9 Å². The molecular weight excluding hydrogens is 346 g/mol. The summed E-state index contributed by atoms with van der Waals surface area (Å²) in [7, 11) is 3.11. The number of rotatable bonds is 6. The van der Waals surface area contributed by atoms with Crippen molar-refractivity contribution in [2.75, 3.05) is 14.2 Å². The van der Waals surface area contributed by atoms with E-state index < -0.39 is 5.91 Å². The lowest BCUT2D eigenvalue weighted by molar-refractivity contribution is 0.0942. The second-order valence-corrected chi connectivity index (χ2v) is 5.88. The molecule has 0 spiro atoms. The van der Waals surface area contributed by atoms with Gasteiger partial charge < -0.3 is 14.8 Å². The molecule has 0 fully saturated rings. The standard InChI is InChI=1S/C20H21N3O4/c1-4-23-15-8-6-5-7-14(15)19(24)18(22-23)20(25)21-12-13-9-10-16(26-2)17(11-13)27-3/h5-11H,4,12H2,1-3H3,(H,21,25). The van der Waals surface area contributed by atoms with Crippen molar-refractivity contribution in [1.29, 1.82) is 0 Å². The monoisotopic (exact) mass is 367 g/mol. The molecule has 27 heavy (non-hydrogen) atoms. The molecule has 0 aliphatic heterocycles. The van der Waals surface area contributed by atoms with Gasteiger partial charge in [0, 0.05) is 18.5 Å². The van der Waals surface area contributed by atoms with Crippen LogP contribution in [0.2, 0.25) is 0 Å². The third kappa shape index (κ3) is 3.62. The molecule has 0 saturated carbocycles. The maximum atomic E-state index is 12.7. The van der Waals surface area contributed by atoms with Crippen LogP contribution in [0.3, 0.4) is 0 Å². The number of carbonyl (C=O) groups is 1. The Kier molecular flexibility index (Phi) is 5.40. The maximum Gasteiger partial charge on any atom is 0.276 e. The Bertz CT molecular complexity index is 1040. The number of carbonyl (C=O) groups excluding carboxylic acids is 1. The zero-order valence-electron chi connectivity index (χ0n) is 15.5.